The Balaban J connectivity index is 1.49. The summed E-state index contributed by atoms with van der Waals surface area (Å²) in [5.74, 6) is 1.33. The Morgan fingerprint density at radius 2 is 2.06 bits per heavy atom. The van der Waals surface area contributed by atoms with E-state index in [9.17, 15) is 4.79 Å². The van der Waals surface area contributed by atoms with Crippen LogP contribution in [-0.4, -0.2) is 63.9 Å². The normalized spacial score (nSPS) is 20.5. The highest BCUT2D eigenvalue weighted by atomic mass is 16.5. The topological polar surface area (TPSA) is 62.8 Å². The number of amides is 1. The third kappa shape index (κ3) is 6.55. The van der Waals surface area contributed by atoms with Crippen molar-refractivity contribution in [3.63, 3.8) is 0 Å². The molecule has 1 saturated heterocycles. The van der Waals surface area contributed by atoms with Gasteiger partial charge in [0, 0.05) is 38.2 Å². The van der Waals surface area contributed by atoms with Crippen LogP contribution in [0.25, 0.3) is 0 Å². The average molecular weight is 438 g/mol. The summed E-state index contributed by atoms with van der Waals surface area (Å²) in [5.41, 5.74) is 4.17. The maximum Gasteiger partial charge on any atom is 0.251 e. The monoisotopic (exact) mass is 437 g/mol. The first-order chi connectivity index (χ1) is 15.7. The van der Waals surface area contributed by atoms with Crippen LogP contribution in [0.3, 0.4) is 0 Å². The van der Waals surface area contributed by atoms with Crippen LogP contribution in [0.1, 0.15) is 39.9 Å². The van der Waals surface area contributed by atoms with Crippen LogP contribution in [0.4, 0.5) is 0 Å². The van der Waals surface area contributed by atoms with Crippen molar-refractivity contribution in [2.75, 3.05) is 53.0 Å². The molecule has 0 aromatic heterocycles. The van der Waals surface area contributed by atoms with Gasteiger partial charge in [0.25, 0.3) is 5.91 Å². The van der Waals surface area contributed by atoms with Gasteiger partial charge in [-0.25, -0.2) is 0 Å². The number of nitrogens with one attached hydrogen (secondary N) is 2. The van der Waals surface area contributed by atoms with E-state index < -0.39 is 0 Å². The molecule has 2 N–H and O–H groups in total. The summed E-state index contributed by atoms with van der Waals surface area (Å²) in [4.78, 5) is 15.2. The van der Waals surface area contributed by atoms with Crippen molar-refractivity contribution in [3.8, 4) is 5.75 Å². The Labute approximate surface area is 191 Å². The number of carbonyl (C=O) groups is 1. The molecular weight excluding hydrogens is 402 g/mol. The third-order valence-corrected chi connectivity index (χ3v) is 6.22. The molecule has 2 bridgehead atoms. The lowest BCUT2D eigenvalue weighted by atomic mass is 9.98. The molecule has 172 valence electrons. The second-order valence-corrected chi connectivity index (χ2v) is 8.94. The Hall–Kier alpha value is -2.41. The number of rotatable bonds is 3. The van der Waals surface area contributed by atoms with Gasteiger partial charge < -0.3 is 25.0 Å². The Morgan fingerprint density at radius 3 is 2.97 bits per heavy atom. The average Bonchev–Trinajstić information content (AvgIpc) is 2.80. The highest BCUT2D eigenvalue weighted by molar-refractivity contribution is 5.94. The van der Waals surface area contributed by atoms with E-state index in [1.807, 2.05) is 18.2 Å². The zero-order valence-electron chi connectivity index (χ0n) is 19.1. The van der Waals surface area contributed by atoms with Crippen LogP contribution in [0, 0.1) is 5.92 Å². The molecule has 0 radical (unpaired) electrons. The molecule has 32 heavy (non-hydrogen) atoms. The molecule has 6 nitrogen and oxygen atoms in total. The van der Waals surface area contributed by atoms with Gasteiger partial charge in [0.15, 0.2) is 0 Å². The quantitative estimate of drug-likeness (QED) is 0.773. The van der Waals surface area contributed by atoms with Gasteiger partial charge in [-0.05, 0) is 67.2 Å². The Kier molecular flexibility index (Phi) is 8.15. The highest BCUT2D eigenvalue weighted by Gasteiger charge is 2.19. The lowest BCUT2D eigenvalue weighted by molar-refractivity contribution is 0.0936. The number of hydrogen-bond acceptors (Lipinski definition) is 5. The van der Waals surface area contributed by atoms with Gasteiger partial charge in [-0.2, -0.15) is 0 Å². The zero-order chi connectivity index (χ0) is 22.2. The summed E-state index contributed by atoms with van der Waals surface area (Å²) >= 11 is 0. The van der Waals surface area contributed by atoms with Gasteiger partial charge in [0.2, 0.25) is 0 Å². The van der Waals surface area contributed by atoms with Gasteiger partial charge in [0.05, 0.1) is 13.2 Å². The molecule has 2 aromatic rings. The second-order valence-electron chi connectivity index (χ2n) is 8.94. The lowest BCUT2D eigenvalue weighted by Crippen LogP contribution is -2.39. The first-order valence-electron chi connectivity index (χ1n) is 11.8. The van der Waals surface area contributed by atoms with E-state index in [0.717, 1.165) is 50.5 Å². The van der Waals surface area contributed by atoms with Crippen molar-refractivity contribution in [1.29, 1.82) is 0 Å². The van der Waals surface area contributed by atoms with E-state index in [1.54, 1.807) is 0 Å². The van der Waals surface area contributed by atoms with Gasteiger partial charge in [-0.15, -0.1) is 0 Å². The van der Waals surface area contributed by atoms with Crippen molar-refractivity contribution in [2.45, 2.75) is 25.8 Å². The minimum Gasteiger partial charge on any atom is -0.491 e. The van der Waals surface area contributed by atoms with E-state index in [2.05, 4.69) is 46.8 Å². The van der Waals surface area contributed by atoms with Crippen LogP contribution >= 0.6 is 0 Å². The molecule has 0 spiro atoms. The summed E-state index contributed by atoms with van der Waals surface area (Å²) < 4.78 is 11.7. The largest absolute Gasteiger partial charge is 0.491 e. The van der Waals surface area contributed by atoms with Crippen molar-refractivity contribution >= 4 is 5.91 Å². The molecule has 1 atom stereocenters. The predicted molar refractivity (Wildman–Crippen MR) is 126 cm³/mol. The van der Waals surface area contributed by atoms with E-state index >= 15 is 0 Å². The number of nitrogens with zero attached hydrogens (tertiary/aromatic N) is 1. The number of ether oxygens (including phenoxy) is 2. The molecule has 4 rings (SSSR count). The van der Waals surface area contributed by atoms with Crippen LogP contribution in [0.5, 0.6) is 5.75 Å². The van der Waals surface area contributed by atoms with Crippen LogP contribution in [0.2, 0.25) is 0 Å². The fourth-order valence-electron chi connectivity index (χ4n) is 4.54. The van der Waals surface area contributed by atoms with E-state index in [-0.39, 0.29) is 5.91 Å². The molecule has 2 aliphatic heterocycles. The summed E-state index contributed by atoms with van der Waals surface area (Å²) in [6.07, 6.45) is 3.10. The summed E-state index contributed by atoms with van der Waals surface area (Å²) in [6, 6.07) is 14.3. The number of hydrogen-bond donors (Lipinski definition) is 2. The van der Waals surface area contributed by atoms with Crippen molar-refractivity contribution in [1.82, 2.24) is 15.5 Å². The fourth-order valence-corrected chi connectivity index (χ4v) is 4.54. The molecular formula is C26H35N3O3. The van der Waals surface area contributed by atoms with Crippen LogP contribution < -0.4 is 15.4 Å². The van der Waals surface area contributed by atoms with Gasteiger partial charge in [-0.1, -0.05) is 24.3 Å². The first kappa shape index (κ1) is 22.8. The van der Waals surface area contributed by atoms with E-state index in [1.165, 1.54) is 24.0 Å². The molecule has 0 saturated carbocycles. The number of fused-ring (bicyclic) bond motifs is 3. The van der Waals surface area contributed by atoms with Gasteiger partial charge in [-0.3, -0.25) is 4.79 Å². The standard InChI is InChI=1S/C26H35N3O3/c1-29-10-3-6-22(19-29)18-28-26(30)23-7-8-25-24(16-23)15-20-4-2-5-21(14-20)17-27-9-11-31-12-13-32-25/h2,4-5,7-8,14,16,22,27H,3,6,9-13,15,17-19H2,1H3,(H,28,30). The predicted octanol–water partition coefficient (Wildman–Crippen LogP) is 2.85. The SMILES string of the molecule is CN1CCCC(CNC(=O)c2ccc3c(c2)Cc2cccc(c2)CNCCOCCO3)C1. The van der Waals surface area contributed by atoms with Crippen molar-refractivity contribution < 1.29 is 14.3 Å². The first-order valence-corrected chi connectivity index (χ1v) is 11.8. The van der Waals surface area contributed by atoms with Crippen LogP contribution in [0.15, 0.2) is 42.5 Å². The number of benzene rings is 2. The van der Waals surface area contributed by atoms with Gasteiger partial charge in [0.1, 0.15) is 12.4 Å². The highest BCUT2D eigenvalue weighted by Crippen LogP contribution is 2.24. The molecule has 1 unspecified atom stereocenters. The Morgan fingerprint density at radius 1 is 1.16 bits per heavy atom. The zero-order valence-corrected chi connectivity index (χ0v) is 19.1. The molecule has 2 heterocycles. The molecule has 6 heteroatoms. The van der Waals surface area contributed by atoms with Crippen LogP contribution in [-0.2, 0) is 17.7 Å². The lowest BCUT2D eigenvalue weighted by Gasteiger charge is -2.29. The maximum absolute atomic E-state index is 12.9. The fraction of sp³-hybridized carbons (Fsp3) is 0.500. The number of likely N-dealkylation sites (tertiary alicyclic amines) is 1. The summed E-state index contributed by atoms with van der Waals surface area (Å²) in [7, 11) is 2.15. The molecule has 1 amide bonds. The van der Waals surface area contributed by atoms with Gasteiger partial charge >= 0.3 is 0 Å². The van der Waals surface area contributed by atoms with E-state index in [0.29, 0.717) is 31.3 Å². The number of piperidine rings is 1. The molecule has 0 aliphatic carbocycles. The summed E-state index contributed by atoms with van der Waals surface area (Å²) in [6.45, 7) is 6.26. The second kappa shape index (κ2) is 11.5. The molecule has 1 fully saturated rings. The Bertz CT molecular complexity index is 902. The van der Waals surface area contributed by atoms with Crippen molar-refractivity contribution in [3.05, 3.63) is 64.7 Å². The number of carbonyl (C=O) groups excluding carboxylic acids is 1. The molecule has 2 aliphatic rings. The maximum atomic E-state index is 12.9. The molecule has 2 aromatic carbocycles. The van der Waals surface area contributed by atoms with Crippen molar-refractivity contribution in [2.24, 2.45) is 5.92 Å². The minimum atomic E-state index is -0.0123. The minimum absolute atomic E-state index is 0.0123. The van der Waals surface area contributed by atoms with E-state index in [4.69, 9.17) is 9.47 Å². The third-order valence-electron chi connectivity index (χ3n) is 6.22. The summed E-state index contributed by atoms with van der Waals surface area (Å²) in [5, 5.41) is 6.56. The smallest absolute Gasteiger partial charge is 0.251 e.